The first-order valence-electron chi connectivity index (χ1n) is 6.28. The summed E-state index contributed by atoms with van der Waals surface area (Å²) in [6.45, 7) is 1.02. The summed E-state index contributed by atoms with van der Waals surface area (Å²) in [4.78, 5) is 31.5. The molecule has 0 saturated heterocycles. The molecule has 0 bridgehead atoms. The van der Waals surface area contributed by atoms with Crippen LogP contribution in [-0.4, -0.2) is 35.6 Å². The van der Waals surface area contributed by atoms with Gasteiger partial charge in [0.2, 0.25) is 0 Å². The molecule has 0 unspecified atom stereocenters. The van der Waals surface area contributed by atoms with Crippen LogP contribution in [0.5, 0.6) is 0 Å². The molecule has 0 N–H and O–H groups in total. The second-order valence-corrected chi connectivity index (χ2v) is 4.69. The van der Waals surface area contributed by atoms with E-state index in [4.69, 9.17) is 11.6 Å². The highest BCUT2D eigenvalue weighted by Gasteiger charge is 2.12. The molecule has 1 aromatic carbocycles. The maximum atomic E-state index is 10.6. The SMILES string of the molecule is O=CCCN(CCC=O)c1ncnc2ccc(Cl)cc12. The van der Waals surface area contributed by atoms with Gasteiger partial charge in [-0.25, -0.2) is 9.97 Å². The first-order chi connectivity index (χ1) is 9.76. The molecule has 104 valence electrons. The fourth-order valence-corrected chi connectivity index (χ4v) is 2.18. The summed E-state index contributed by atoms with van der Waals surface area (Å²) in [6.07, 6.45) is 3.94. The minimum atomic E-state index is 0.380. The van der Waals surface area contributed by atoms with E-state index < -0.39 is 0 Å². The van der Waals surface area contributed by atoms with Gasteiger partial charge < -0.3 is 14.5 Å². The van der Waals surface area contributed by atoms with E-state index in [1.165, 1.54) is 6.33 Å². The van der Waals surface area contributed by atoms with Gasteiger partial charge in [0.15, 0.2) is 0 Å². The van der Waals surface area contributed by atoms with Crippen molar-refractivity contribution in [2.45, 2.75) is 12.8 Å². The largest absolute Gasteiger partial charge is 0.355 e. The van der Waals surface area contributed by atoms with Crippen molar-refractivity contribution in [2.75, 3.05) is 18.0 Å². The Morgan fingerprint density at radius 1 is 1.10 bits per heavy atom. The lowest BCUT2D eigenvalue weighted by Crippen LogP contribution is -2.27. The van der Waals surface area contributed by atoms with Crippen LogP contribution in [0, 0.1) is 0 Å². The number of rotatable bonds is 7. The molecule has 0 atom stereocenters. The zero-order valence-electron chi connectivity index (χ0n) is 10.8. The summed E-state index contributed by atoms with van der Waals surface area (Å²) < 4.78 is 0. The highest BCUT2D eigenvalue weighted by atomic mass is 35.5. The van der Waals surface area contributed by atoms with Crippen molar-refractivity contribution in [3.8, 4) is 0 Å². The molecule has 0 fully saturated rings. The second kappa shape index (κ2) is 6.96. The molecule has 20 heavy (non-hydrogen) atoms. The van der Waals surface area contributed by atoms with Gasteiger partial charge in [-0.1, -0.05) is 11.6 Å². The molecule has 2 rings (SSSR count). The number of hydrogen-bond acceptors (Lipinski definition) is 5. The van der Waals surface area contributed by atoms with Gasteiger partial charge in [0, 0.05) is 36.3 Å². The molecule has 1 aromatic heterocycles. The van der Waals surface area contributed by atoms with Crippen LogP contribution < -0.4 is 4.90 Å². The van der Waals surface area contributed by atoms with E-state index in [0.717, 1.165) is 23.5 Å². The number of carbonyl (C=O) groups excluding carboxylic acids is 2. The van der Waals surface area contributed by atoms with Crippen LogP contribution in [0.2, 0.25) is 5.02 Å². The molecule has 5 nitrogen and oxygen atoms in total. The van der Waals surface area contributed by atoms with Crippen LogP contribution in [0.4, 0.5) is 5.82 Å². The fourth-order valence-electron chi connectivity index (χ4n) is 2.01. The molecule has 2 aromatic rings. The van der Waals surface area contributed by atoms with E-state index in [0.29, 0.717) is 36.8 Å². The summed E-state index contributed by atoms with van der Waals surface area (Å²) in [7, 11) is 0. The Morgan fingerprint density at radius 3 is 2.45 bits per heavy atom. The fraction of sp³-hybridized carbons (Fsp3) is 0.286. The van der Waals surface area contributed by atoms with E-state index in [1.807, 2.05) is 11.0 Å². The summed E-state index contributed by atoms with van der Waals surface area (Å²) in [6, 6.07) is 5.38. The Bertz CT molecular complexity index is 606. The summed E-state index contributed by atoms with van der Waals surface area (Å²) in [5.74, 6) is 0.696. The maximum Gasteiger partial charge on any atom is 0.139 e. The average Bonchev–Trinajstić information content (AvgIpc) is 2.47. The van der Waals surface area contributed by atoms with Gasteiger partial charge >= 0.3 is 0 Å². The molecule has 0 spiro atoms. The van der Waals surface area contributed by atoms with Crippen LogP contribution >= 0.6 is 11.6 Å². The maximum absolute atomic E-state index is 10.6. The third kappa shape index (κ3) is 3.30. The summed E-state index contributed by atoms with van der Waals surface area (Å²) >= 11 is 6.02. The molecule has 0 amide bonds. The highest BCUT2D eigenvalue weighted by molar-refractivity contribution is 6.31. The highest BCUT2D eigenvalue weighted by Crippen LogP contribution is 2.26. The van der Waals surface area contributed by atoms with Crippen LogP contribution in [-0.2, 0) is 9.59 Å². The Kier molecular flexibility index (Phi) is 5.01. The Hall–Kier alpha value is -2.01. The first kappa shape index (κ1) is 14.4. The standard InChI is InChI=1S/C14H14ClN3O2/c15-11-3-4-13-12(9-11)14(17-10-16-13)18(5-1-7-19)6-2-8-20/h3-4,7-10H,1-2,5-6H2. The Morgan fingerprint density at radius 2 is 1.80 bits per heavy atom. The minimum Gasteiger partial charge on any atom is -0.355 e. The molecule has 1 heterocycles. The molecule has 0 aliphatic carbocycles. The van der Waals surface area contributed by atoms with Crippen LogP contribution in [0.15, 0.2) is 24.5 Å². The van der Waals surface area contributed by atoms with Gasteiger partial charge in [0.25, 0.3) is 0 Å². The normalized spacial score (nSPS) is 10.4. The molecular weight excluding hydrogens is 278 g/mol. The van der Waals surface area contributed by atoms with Gasteiger partial charge in [-0.15, -0.1) is 0 Å². The predicted molar refractivity (Wildman–Crippen MR) is 78.1 cm³/mol. The van der Waals surface area contributed by atoms with Gasteiger partial charge in [0.1, 0.15) is 24.7 Å². The summed E-state index contributed by atoms with van der Waals surface area (Å²) in [5, 5.41) is 1.41. The molecule has 0 aliphatic rings. The van der Waals surface area contributed by atoms with E-state index in [1.54, 1.807) is 12.1 Å². The number of fused-ring (bicyclic) bond motifs is 1. The number of hydrogen-bond donors (Lipinski definition) is 0. The lowest BCUT2D eigenvalue weighted by atomic mass is 10.2. The monoisotopic (exact) mass is 291 g/mol. The van der Waals surface area contributed by atoms with Crippen molar-refractivity contribution < 1.29 is 9.59 Å². The number of anilines is 1. The zero-order chi connectivity index (χ0) is 14.4. The quantitative estimate of drug-likeness (QED) is 0.732. The second-order valence-electron chi connectivity index (χ2n) is 4.26. The smallest absolute Gasteiger partial charge is 0.139 e. The molecule has 0 radical (unpaired) electrons. The predicted octanol–water partition coefficient (Wildman–Crippen LogP) is 2.27. The van der Waals surface area contributed by atoms with Crippen molar-refractivity contribution in [1.82, 2.24) is 9.97 Å². The van der Waals surface area contributed by atoms with E-state index in [2.05, 4.69) is 9.97 Å². The van der Waals surface area contributed by atoms with Gasteiger partial charge in [0.05, 0.1) is 5.52 Å². The molecule has 6 heteroatoms. The lowest BCUT2D eigenvalue weighted by molar-refractivity contribution is -0.108. The van der Waals surface area contributed by atoms with Gasteiger partial charge in [-0.05, 0) is 18.2 Å². The van der Waals surface area contributed by atoms with Gasteiger partial charge in [-0.3, -0.25) is 0 Å². The third-order valence-corrected chi connectivity index (χ3v) is 3.14. The number of halogens is 1. The third-order valence-electron chi connectivity index (χ3n) is 2.91. The molecule has 0 aliphatic heterocycles. The molecular formula is C14H14ClN3O2. The van der Waals surface area contributed by atoms with Crippen LogP contribution in [0.25, 0.3) is 10.9 Å². The van der Waals surface area contributed by atoms with Crippen molar-refractivity contribution in [2.24, 2.45) is 0 Å². The topological polar surface area (TPSA) is 63.2 Å². The van der Waals surface area contributed by atoms with E-state index >= 15 is 0 Å². The number of aldehydes is 2. The number of aromatic nitrogens is 2. The van der Waals surface area contributed by atoms with Crippen LogP contribution in [0.1, 0.15) is 12.8 Å². The van der Waals surface area contributed by atoms with Crippen molar-refractivity contribution >= 4 is 40.9 Å². The van der Waals surface area contributed by atoms with Crippen LogP contribution in [0.3, 0.4) is 0 Å². The van der Waals surface area contributed by atoms with E-state index in [9.17, 15) is 9.59 Å². The first-order valence-corrected chi connectivity index (χ1v) is 6.66. The average molecular weight is 292 g/mol. The minimum absolute atomic E-state index is 0.380. The van der Waals surface area contributed by atoms with E-state index in [-0.39, 0.29) is 0 Å². The number of benzene rings is 1. The Labute approximate surface area is 121 Å². The van der Waals surface area contributed by atoms with Crippen molar-refractivity contribution in [3.05, 3.63) is 29.5 Å². The van der Waals surface area contributed by atoms with Crippen molar-refractivity contribution in [1.29, 1.82) is 0 Å². The number of nitrogens with zero attached hydrogens (tertiary/aromatic N) is 3. The lowest BCUT2D eigenvalue weighted by Gasteiger charge is -2.23. The van der Waals surface area contributed by atoms with Crippen molar-refractivity contribution in [3.63, 3.8) is 0 Å². The summed E-state index contributed by atoms with van der Waals surface area (Å²) in [5.41, 5.74) is 0.779. The number of carbonyl (C=O) groups is 2. The van der Waals surface area contributed by atoms with Gasteiger partial charge in [-0.2, -0.15) is 0 Å². The molecule has 0 saturated carbocycles. The zero-order valence-corrected chi connectivity index (χ0v) is 11.6. The Balaban J connectivity index is 2.42.